The molecule has 1 fully saturated rings. The fourth-order valence-electron chi connectivity index (χ4n) is 4.58. The van der Waals surface area contributed by atoms with Gasteiger partial charge in [0.25, 0.3) is 0 Å². The SMILES string of the molecule is CCC1(c2ccc(F)cc2)ON=C2/C(=C/c3ccc(-c4ccncc4)c(O)c3)CCCN21. The van der Waals surface area contributed by atoms with Gasteiger partial charge in [-0.3, -0.25) is 4.98 Å². The maximum Gasteiger partial charge on any atom is 0.237 e. The number of piperidine rings is 1. The largest absolute Gasteiger partial charge is 0.507 e. The first-order valence-corrected chi connectivity index (χ1v) is 10.8. The van der Waals surface area contributed by atoms with Gasteiger partial charge in [-0.15, -0.1) is 0 Å². The molecule has 5 nitrogen and oxygen atoms in total. The highest BCUT2D eigenvalue weighted by Crippen LogP contribution is 2.42. The van der Waals surface area contributed by atoms with Crippen LogP contribution in [0.4, 0.5) is 4.39 Å². The third-order valence-corrected chi connectivity index (χ3v) is 6.22. The van der Waals surface area contributed by atoms with Crippen molar-refractivity contribution in [2.24, 2.45) is 5.16 Å². The van der Waals surface area contributed by atoms with Gasteiger partial charge >= 0.3 is 0 Å². The van der Waals surface area contributed by atoms with Gasteiger partial charge in [0.2, 0.25) is 5.72 Å². The number of benzene rings is 2. The molecule has 32 heavy (non-hydrogen) atoms. The Hall–Kier alpha value is -3.67. The summed E-state index contributed by atoms with van der Waals surface area (Å²) in [5, 5.41) is 15.1. The number of hydrogen-bond acceptors (Lipinski definition) is 5. The third-order valence-electron chi connectivity index (χ3n) is 6.22. The highest BCUT2D eigenvalue weighted by atomic mass is 19.1. The monoisotopic (exact) mass is 429 g/mol. The lowest BCUT2D eigenvalue weighted by Gasteiger charge is -2.39. The van der Waals surface area contributed by atoms with Crippen molar-refractivity contribution in [1.29, 1.82) is 0 Å². The molecule has 6 heteroatoms. The summed E-state index contributed by atoms with van der Waals surface area (Å²) in [4.78, 5) is 12.2. The predicted octanol–water partition coefficient (Wildman–Crippen LogP) is 5.68. The van der Waals surface area contributed by atoms with E-state index in [2.05, 4.69) is 28.0 Å². The molecule has 0 radical (unpaired) electrons. The first kappa shape index (κ1) is 20.2. The Morgan fingerprint density at radius 3 is 2.62 bits per heavy atom. The standard InChI is InChI=1S/C26H24FN3O2/c1-2-26(21-6-8-22(27)9-7-21)30-15-3-4-20(25(30)29-32-26)16-18-5-10-23(24(31)17-18)19-11-13-28-14-12-19/h5-14,16-17,31H,2-4,15H2,1H3/b20-16+. The molecule has 1 saturated heterocycles. The van der Waals surface area contributed by atoms with Gasteiger partial charge in [0.15, 0.2) is 5.84 Å². The first-order valence-electron chi connectivity index (χ1n) is 10.8. The highest BCUT2D eigenvalue weighted by molar-refractivity contribution is 6.03. The van der Waals surface area contributed by atoms with Gasteiger partial charge < -0.3 is 14.8 Å². The van der Waals surface area contributed by atoms with Crippen molar-refractivity contribution in [2.45, 2.75) is 31.9 Å². The Balaban J connectivity index is 1.46. The van der Waals surface area contributed by atoms with Crippen LogP contribution in [0.3, 0.4) is 0 Å². The quantitative estimate of drug-likeness (QED) is 0.580. The van der Waals surface area contributed by atoms with Gasteiger partial charge in [0.1, 0.15) is 11.6 Å². The van der Waals surface area contributed by atoms with E-state index in [1.54, 1.807) is 30.6 Å². The Morgan fingerprint density at radius 2 is 1.91 bits per heavy atom. The van der Waals surface area contributed by atoms with Crippen LogP contribution < -0.4 is 0 Å². The van der Waals surface area contributed by atoms with Gasteiger partial charge in [0.05, 0.1) is 0 Å². The van der Waals surface area contributed by atoms with E-state index in [4.69, 9.17) is 4.84 Å². The van der Waals surface area contributed by atoms with Crippen LogP contribution in [0.2, 0.25) is 0 Å². The summed E-state index contributed by atoms with van der Waals surface area (Å²) < 4.78 is 13.5. The maximum atomic E-state index is 13.5. The molecule has 1 aromatic heterocycles. The highest BCUT2D eigenvalue weighted by Gasteiger charge is 2.48. The summed E-state index contributed by atoms with van der Waals surface area (Å²) in [6.45, 7) is 2.86. The van der Waals surface area contributed by atoms with Crippen LogP contribution in [0.15, 0.2) is 77.7 Å². The van der Waals surface area contributed by atoms with E-state index in [1.807, 2.05) is 24.3 Å². The zero-order chi connectivity index (χ0) is 22.1. The van der Waals surface area contributed by atoms with Crippen LogP contribution >= 0.6 is 0 Å². The lowest BCUT2D eigenvalue weighted by molar-refractivity contribution is -0.109. The van der Waals surface area contributed by atoms with Crippen molar-refractivity contribution in [2.75, 3.05) is 6.54 Å². The van der Waals surface area contributed by atoms with Crippen LogP contribution in [0.5, 0.6) is 5.75 Å². The second-order valence-electron chi connectivity index (χ2n) is 8.09. The Bertz CT molecular complexity index is 1190. The van der Waals surface area contributed by atoms with E-state index in [0.717, 1.165) is 53.0 Å². The van der Waals surface area contributed by atoms with Crippen molar-refractivity contribution in [3.05, 3.63) is 89.5 Å². The van der Waals surface area contributed by atoms with Crippen LogP contribution in [0.25, 0.3) is 17.2 Å². The number of nitrogens with zero attached hydrogens (tertiary/aromatic N) is 3. The average molecular weight is 429 g/mol. The molecule has 1 N–H and O–H groups in total. The normalized spacial score (nSPS) is 21.2. The molecule has 2 aliphatic heterocycles. The second kappa shape index (κ2) is 8.11. The van der Waals surface area contributed by atoms with E-state index in [9.17, 15) is 9.50 Å². The van der Waals surface area contributed by atoms with Crippen molar-refractivity contribution in [3.8, 4) is 16.9 Å². The molecule has 0 saturated carbocycles. The molecule has 3 aromatic rings. The molecular formula is C26H24FN3O2. The third kappa shape index (κ3) is 3.42. The molecule has 2 aliphatic rings. The van der Waals surface area contributed by atoms with Crippen molar-refractivity contribution < 1.29 is 14.3 Å². The van der Waals surface area contributed by atoms with Gasteiger partial charge in [0, 0.05) is 36.5 Å². The molecule has 0 spiro atoms. The minimum absolute atomic E-state index is 0.219. The van der Waals surface area contributed by atoms with Gasteiger partial charge in [-0.25, -0.2) is 4.39 Å². The molecule has 2 aromatic carbocycles. The predicted molar refractivity (Wildman–Crippen MR) is 122 cm³/mol. The Kier molecular flexibility index (Phi) is 5.13. The number of fused-ring (bicyclic) bond motifs is 1. The molecule has 0 aliphatic carbocycles. The summed E-state index contributed by atoms with van der Waals surface area (Å²) in [7, 11) is 0. The number of aromatic hydroxyl groups is 1. The Labute approximate surface area is 186 Å². The number of halogens is 1. The number of rotatable bonds is 4. The van der Waals surface area contributed by atoms with E-state index in [1.165, 1.54) is 12.1 Å². The molecule has 0 bridgehead atoms. The van der Waals surface area contributed by atoms with E-state index in [0.29, 0.717) is 6.42 Å². The van der Waals surface area contributed by atoms with Crippen molar-refractivity contribution >= 4 is 11.9 Å². The van der Waals surface area contributed by atoms with Crippen LogP contribution in [-0.2, 0) is 10.6 Å². The Morgan fingerprint density at radius 1 is 1.12 bits per heavy atom. The van der Waals surface area contributed by atoms with Gasteiger partial charge in [-0.05, 0) is 65.9 Å². The topological polar surface area (TPSA) is 58.0 Å². The fourth-order valence-corrected chi connectivity index (χ4v) is 4.58. The zero-order valence-electron chi connectivity index (χ0n) is 17.8. The average Bonchev–Trinajstić information content (AvgIpc) is 3.21. The summed E-state index contributed by atoms with van der Waals surface area (Å²) >= 11 is 0. The zero-order valence-corrected chi connectivity index (χ0v) is 17.8. The molecular weight excluding hydrogens is 405 g/mol. The fraction of sp³-hybridized carbons (Fsp3) is 0.231. The van der Waals surface area contributed by atoms with Crippen LogP contribution in [0.1, 0.15) is 37.3 Å². The second-order valence-corrected chi connectivity index (χ2v) is 8.09. The molecule has 1 atom stereocenters. The molecule has 0 amide bonds. The number of pyridine rings is 1. The lowest BCUT2D eigenvalue weighted by atomic mass is 9.92. The van der Waals surface area contributed by atoms with Crippen molar-refractivity contribution in [1.82, 2.24) is 9.88 Å². The maximum absolute atomic E-state index is 13.5. The number of oxime groups is 1. The number of phenolic OH excluding ortho intramolecular Hbond substituents is 1. The van der Waals surface area contributed by atoms with E-state index < -0.39 is 5.72 Å². The van der Waals surface area contributed by atoms with Crippen LogP contribution in [0, 0.1) is 5.82 Å². The van der Waals surface area contributed by atoms with Crippen LogP contribution in [-0.4, -0.2) is 27.4 Å². The molecule has 162 valence electrons. The first-order chi connectivity index (χ1) is 15.6. The molecule has 1 unspecified atom stereocenters. The number of hydrogen-bond donors (Lipinski definition) is 1. The smallest absolute Gasteiger partial charge is 0.237 e. The molecule has 5 rings (SSSR count). The summed E-state index contributed by atoms with van der Waals surface area (Å²) in [5.41, 5.74) is 3.81. The minimum Gasteiger partial charge on any atom is -0.507 e. The number of amidine groups is 1. The summed E-state index contributed by atoms with van der Waals surface area (Å²) in [6.07, 6.45) is 7.98. The van der Waals surface area contributed by atoms with E-state index >= 15 is 0 Å². The number of aromatic nitrogens is 1. The van der Waals surface area contributed by atoms with Crippen molar-refractivity contribution in [3.63, 3.8) is 0 Å². The van der Waals surface area contributed by atoms with Gasteiger partial charge in [-0.2, -0.15) is 0 Å². The summed E-state index contributed by atoms with van der Waals surface area (Å²) in [6, 6.07) is 15.9. The van der Waals surface area contributed by atoms with E-state index in [-0.39, 0.29) is 11.6 Å². The lowest BCUT2D eigenvalue weighted by Crippen LogP contribution is -2.48. The number of phenols is 1. The van der Waals surface area contributed by atoms with Gasteiger partial charge in [-0.1, -0.05) is 36.3 Å². The molecule has 3 heterocycles. The summed E-state index contributed by atoms with van der Waals surface area (Å²) in [5.74, 6) is 0.755. The minimum atomic E-state index is -0.726.